The van der Waals surface area contributed by atoms with Crippen molar-refractivity contribution in [2.75, 3.05) is 29.9 Å². The third kappa shape index (κ3) is 4.69. The van der Waals surface area contributed by atoms with Crippen LogP contribution in [0.25, 0.3) is 5.57 Å². The number of benzene rings is 1. The van der Waals surface area contributed by atoms with Crippen molar-refractivity contribution in [3.8, 4) is 0 Å². The summed E-state index contributed by atoms with van der Waals surface area (Å²) >= 11 is 0. The van der Waals surface area contributed by atoms with Crippen molar-refractivity contribution in [1.29, 1.82) is 0 Å². The average molecular weight is 472 g/mol. The summed E-state index contributed by atoms with van der Waals surface area (Å²) in [6, 6.07) is 11.9. The number of aromatic nitrogens is 1. The van der Waals surface area contributed by atoms with Gasteiger partial charge in [-0.25, -0.2) is 10.4 Å². The summed E-state index contributed by atoms with van der Waals surface area (Å²) < 4.78 is 0. The standard InChI is InChI=1S/C28H33N5O2/c1-28(23-7-8-23)10-12-33(27(28)35)24-9-11-29-25(15-24)31-26(34)14-20-3-2-4-21(13-20)22-16-30-32(18-22)17-19-5-6-19/h2-4,9,11,13,15,18-19,23,30H,5-8,10,12,14,16-17H2,1H3,(H,29,31,34)/t28-/m0/s1. The number of carbonyl (C=O) groups excluding carboxylic acids is 2. The van der Waals surface area contributed by atoms with E-state index >= 15 is 0 Å². The lowest BCUT2D eigenvalue weighted by Gasteiger charge is -2.23. The summed E-state index contributed by atoms with van der Waals surface area (Å²) in [5, 5.41) is 5.12. The molecule has 1 saturated heterocycles. The van der Waals surface area contributed by atoms with Gasteiger partial charge in [-0.2, -0.15) is 0 Å². The summed E-state index contributed by atoms with van der Waals surface area (Å²) in [4.78, 5) is 32.1. The van der Waals surface area contributed by atoms with E-state index in [-0.39, 0.29) is 23.7 Å². The Morgan fingerprint density at radius 2 is 2.06 bits per heavy atom. The Balaban J connectivity index is 1.09. The van der Waals surface area contributed by atoms with Gasteiger partial charge in [0.25, 0.3) is 0 Å². The quantitative estimate of drug-likeness (QED) is 0.609. The molecule has 3 fully saturated rings. The molecule has 0 radical (unpaired) electrons. The predicted molar refractivity (Wildman–Crippen MR) is 136 cm³/mol. The van der Waals surface area contributed by atoms with Crippen LogP contribution in [0.5, 0.6) is 0 Å². The number of pyridine rings is 1. The number of carbonyl (C=O) groups is 2. The SMILES string of the molecule is C[C@@]1(C2CC2)CCN(c2ccnc(NC(=O)Cc3cccc(C4=CN(CC5CC5)NC4)c3)c2)C1=O. The Morgan fingerprint density at radius 1 is 1.20 bits per heavy atom. The maximum Gasteiger partial charge on any atom is 0.233 e. The minimum absolute atomic E-state index is 0.115. The van der Waals surface area contributed by atoms with Crippen LogP contribution in [0.15, 0.2) is 48.8 Å². The fourth-order valence-electron chi connectivity index (χ4n) is 5.45. The average Bonchev–Trinajstić information content (AvgIpc) is 3.77. The van der Waals surface area contributed by atoms with Crippen molar-refractivity contribution in [2.45, 2.75) is 45.4 Å². The molecule has 2 N–H and O–H groups in total. The van der Waals surface area contributed by atoms with Gasteiger partial charge in [0.1, 0.15) is 5.82 Å². The summed E-state index contributed by atoms with van der Waals surface area (Å²) in [7, 11) is 0. The highest BCUT2D eigenvalue weighted by Gasteiger charge is 2.52. The van der Waals surface area contributed by atoms with Crippen LogP contribution in [0, 0.1) is 17.3 Å². The first-order valence-electron chi connectivity index (χ1n) is 12.9. The Morgan fingerprint density at radius 3 is 2.86 bits per heavy atom. The van der Waals surface area contributed by atoms with Crippen molar-refractivity contribution in [2.24, 2.45) is 17.3 Å². The Labute approximate surface area is 206 Å². The van der Waals surface area contributed by atoms with E-state index in [0.717, 1.165) is 61.6 Å². The first kappa shape index (κ1) is 22.3. The molecule has 2 aliphatic heterocycles. The van der Waals surface area contributed by atoms with E-state index in [1.54, 1.807) is 6.20 Å². The number of nitrogens with one attached hydrogen (secondary N) is 2. The first-order chi connectivity index (χ1) is 17.0. The lowest BCUT2D eigenvalue weighted by Crippen LogP contribution is -2.34. The second kappa shape index (κ2) is 8.79. The molecule has 0 spiro atoms. The van der Waals surface area contributed by atoms with Gasteiger partial charge in [0, 0.05) is 43.8 Å². The van der Waals surface area contributed by atoms with E-state index in [1.165, 1.54) is 18.4 Å². The van der Waals surface area contributed by atoms with Crippen LogP contribution in [-0.2, 0) is 16.0 Å². The molecule has 6 rings (SSSR count). The van der Waals surface area contributed by atoms with Gasteiger partial charge in [-0.3, -0.25) is 9.59 Å². The Kier molecular flexibility index (Phi) is 5.60. The van der Waals surface area contributed by atoms with Gasteiger partial charge < -0.3 is 15.2 Å². The number of rotatable bonds is 8. The van der Waals surface area contributed by atoms with Gasteiger partial charge in [0.15, 0.2) is 0 Å². The van der Waals surface area contributed by atoms with Crippen molar-refractivity contribution in [3.63, 3.8) is 0 Å². The molecular weight excluding hydrogens is 438 g/mol. The van der Waals surface area contributed by atoms with E-state index < -0.39 is 0 Å². The van der Waals surface area contributed by atoms with Gasteiger partial charge in [-0.1, -0.05) is 31.2 Å². The zero-order valence-electron chi connectivity index (χ0n) is 20.3. The minimum Gasteiger partial charge on any atom is -0.315 e. The molecule has 182 valence electrons. The van der Waals surface area contributed by atoms with Crippen LogP contribution in [0.4, 0.5) is 11.5 Å². The molecule has 2 amide bonds. The number of hydrazine groups is 1. The third-order valence-electron chi connectivity index (χ3n) is 7.99. The van der Waals surface area contributed by atoms with Crippen LogP contribution in [0.3, 0.4) is 0 Å². The monoisotopic (exact) mass is 471 g/mol. The van der Waals surface area contributed by atoms with Crippen molar-refractivity contribution in [1.82, 2.24) is 15.4 Å². The second-order valence-corrected chi connectivity index (χ2v) is 10.8. The number of nitrogens with zero attached hydrogens (tertiary/aromatic N) is 3. The van der Waals surface area contributed by atoms with E-state index in [0.29, 0.717) is 11.7 Å². The lowest BCUT2D eigenvalue weighted by molar-refractivity contribution is -0.125. The number of anilines is 2. The maximum absolute atomic E-state index is 13.1. The van der Waals surface area contributed by atoms with E-state index in [1.807, 2.05) is 29.2 Å². The molecule has 1 atom stereocenters. The highest BCUT2D eigenvalue weighted by molar-refractivity contribution is 6.00. The number of hydrogen-bond donors (Lipinski definition) is 2. The molecular formula is C28H33N5O2. The van der Waals surface area contributed by atoms with Gasteiger partial charge in [0.2, 0.25) is 11.8 Å². The Hall–Kier alpha value is -3.19. The summed E-state index contributed by atoms with van der Waals surface area (Å²) in [6.07, 6.45) is 9.99. The highest BCUT2D eigenvalue weighted by Crippen LogP contribution is 2.51. The van der Waals surface area contributed by atoms with E-state index in [9.17, 15) is 9.59 Å². The van der Waals surface area contributed by atoms with Crippen molar-refractivity contribution >= 4 is 28.9 Å². The number of amides is 2. The zero-order valence-corrected chi connectivity index (χ0v) is 20.3. The van der Waals surface area contributed by atoms with Crippen LogP contribution in [0.2, 0.25) is 0 Å². The highest BCUT2D eigenvalue weighted by atomic mass is 16.2. The molecule has 7 nitrogen and oxygen atoms in total. The fraction of sp³-hybridized carbons (Fsp3) is 0.464. The molecule has 7 heteroatoms. The molecule has 2 aliphatic carbocycles. The topological polar surface area (TPSA) is 77.6 Å². The van der Waals surface area contributed by atoms with E-state index in [4.69, 9.17) is 0 Å². The van der Waals surface area contributed by atoms with Crippen LogP contribution in [0.1, 0.15) is 50.2 Å². The molecule has 2 aromatic rings. The van der Waals surface area contributed by atoms with Crippen LogP contribution < -0.4 is 15.6 Å². The minimum atomic E-state index is -0.239. The van der Waals surface area contributed by atoms with Crippen LogP contribution >= 0.6 is 0 Å². The van der Waals surface area contributed by atoms with Crippen LogP contribution in [-0.4, -0.2) is 41.4 Å². The molecule has 35 heavy (non-hydrogen) atoms. The Bertz CT molecular complexity index is 1190. The fourth-order valence-corrected chi connectivity index (χ4v) is 5.45. The second-order valence-electron chi connectivity index (χ2n) is 10.8. The van der Waals surface area contributed by atoms with Gasteiger partial charge >= 0.3 is 0 Å². The first-order valence-corrected chi connectivity index (χ1v) is 12.9. The molecule has 2 saturated carbocycles. The number of hydrogen-bond acceptors (Lipinski definition) is 5. The third-order valence-corrected chi connectivity index (χ3v) is 7.99. The summed E-state index contributed by atoms with van der Waals surface area (Å²) in [6.45, 7) is 4.71. The molecule has 0 unspecified atom stereocenters. The molecule has 1 aromatic heterocycles. The van der Waals surface area contributed by atoms with Crippen molar-refractivity contribution in [3.05, 3.63) is 59.9 Å². The predicted octanol–water partition coefficient (Wildman–Crippen LogP) is 3.99. The van der Waals surface area contributed by atoms with E-state index in [2.05, 4.69) is 46.0 Å². The van der Waals surface area contributed by atoms with Gasteiger partial charge in [-0.15, -0.1) is 0 Å². The molecule has 4 aliphatic rings. The normalized spacial score (nSPS) is 24.1. The maximum atomic E-state index is 13.1. The zero-order chi connectivity index (χ0) is 24.0. The summed E-state index contributed by atoms with van der Waals surface area (Å²) in [5.74, 6) is 1.92. The summed E-state index contributed by atoms with van der Waals surface area (Å²) in [5.41, 5.74) is 7.37. The molecule has 0 bridgehead atoms. The largest absolute Gasteiger partial charge is 0.315 e. The molecule has 3 heterocycles. The van der Waals surface area contributed by atoms with Gasteiger partial charge in [0.05, 0.1) is 11.8 Å². The van der Waals surface area contributed by atoms with Gasteiger partial charge in [-0.05, 0) is 66.7 Å². The smallest absolute Gasteiger partial charge is 0.233 e. The van der Waals surface area contributed by atoms with Crippen molar-refractivity contribution < 1.29 is 9.59 Å². The molecule has 1 aromatic carbocycles. The lowest BCUT2D eigenvalue weighted by atomic mass is 9.83.